The number of esters is 1. The minimum atomic E-state index is -0.392. The second-order valence-electron chi connectivity index (χ2n) is 7.06. The Morgan fingerprint density at radius 2 is 1.85 bits per heavy atom. The van der Waals surface area contributed by atoms with Crippen LogP contribution in [0.25, 0.3) is 0 Å². The number of nitrogens with one attached hydrogen (secondary N) is 1. The maximum Gasteiger partial charge on any atom is 0.325 e. The molecular weight excluding hydrogens is 344 g/mol. The van der Waals surface area contributed by atoms with Crippen LogP contribution >= 0.6 is 0 Å². The van der Waals surface area contributed by atoms with Gasteiger partial charge in [-0.25, -0.2) is 4.79 Å². The Kier molecular flexibility index (Phi) is 6.92. The maximum absolute atomic E-state index is 12.4. The van der Waals surface area contributed by atoms with Gasteiger partial charge in [0, 0.05) is 51.0 Å². The molecule has 7 heteroatoms. The molecule has 2 amide bonds. The Labute approximate surface area is 161 Å². The van der Waals surface area contributed by atoms with Crippen LogP contribution in [0.2, 0.25) is 0 Å². The summed E-state index contributed by atoms with van der Waals surface area (Å²) in [6, 6.07) is 10.7. The second kappa shape index (κ2) is 9.60. The largest absolute Gasteiger partial charge is 0.465 e. The Bertz CT molecular complexity index is 617. The highest BCUT2D eigenvalue weighted by Gasteiger charge is 2.30. The van der Waals surface area contributed by atoms with Crippen molar-refractivity contribution in [2.75, 3.05) is 57.3 Å². The summed E-state index contributed by atoms with van der Waals surface area (Å²) in [5, 5.41) is 2.67. The summed E-state index contributed by atoms with van der Waals surface area (Å²) in [4.78, 5) is 30.5. The van der Waals surface area contributed by atoms with E-state index >= 15 is 0 Å². The van der Waals surface area contributed by atoms with E-state index in [0.29, 0.717) is 12.6 Å². The van der Waals surface area contributed by atoms with Crippen molar-refractivity contribution in [2.24, 2.45) is 0 Å². The Morgan fingerprint density at radius 3 is 2.56 bits per heavy atom. The third kappa shape index (κ3) is 5.35. The summed E-state index contributed by atoms with van der Waals surface area (Å²) >= 11 is 0. The van der Waals surface area contributed by atoms with Gasteiger partial charge in [-0.15, -0.1) is 0 Å². The molecule has 2 fully saturated rings. The predicted molar refractivity (Wildman–Crippen MR) is 105 cm³/mol. The molecule has 0 unspecified atom stereocenters. The molecule has 148 valence electrons. The number of anilines is 1. The molecule has 0 aliphatic carbocycles. The first-order valence-electron chi connectivity index (χ1n) is 9.90. The van der Waals surface area contributed by atoms with Crippen molar-refractivity contribution < 1.29 is 14.3 Å². The molecule has 1 atom stereocenters. The lowest BCUT2D eigenvalue weighted by Gasteiger charge is -2.43. The van der Waals surface area contributed by atoms with Crippen molar-refractivity contribution in [1.82, 2.24) is 15.1 Å². The maximum atomic E-state index is 12.4. The quantitative estimate of drug-likeness (QED) is 0.792. The average Bonchev–Trinajstić information content (AvgIpc) is 2.73. The zero-order valence-corrected chi connectivity index (χ0v) is 16.1. The number of piperazine rings is 1. The van der Waals surface area contributed by atoms with E-state index in [0.717, 1.165) is 52.1 Å². The van der Waals surface area contributed by atoms with Gasteiger partial charge in [0.1, 0.15) is 6.54 Å². The zero-order valence-electron chi connectivity index (χ0n) is 16.1. The number of rotatable bonds is 5. The molecule has 0 bridgehead atoms. The summed E-state index contributed by atoms with van der Waals surface area (Å²) in [7, 11) is 0. The van der Waals surface area contributed by atoms with E-state index in [4.69, 9.17) is 4.74 Å². The highest BCUT2D eigenvalue weighted by Crippen LogP contribution is 2.20. The summed E-state index contributed by atoms with van der Waals surface area (Å²) in [5.41, 5.74) is 1.28. The van der Waals surface area contributed by atoms with Gasteiger partial charge in [-0.3, -0.25) is 9.69 Å². The van der Waals surface area contributed by atoms with Crippen LogP contribution in [0.1, 0.15) is 19.8 Å². The van der Waals surface area contributed by atoms with Crippen molar-refractivity contribution in [2.45, 2.75) is 25.8 Å². The van der Waals surface area contributed by atoms with E-state index in [1.165, 1.54) is 5.69 Å². The average molecular weight is 374 g/mol. The minimum Gasteiger partial charge on any atom is -0.465 e. The van der Waals surface area contributed by atoms with E-state index in [2.05, 4.69) is 39.4 Å². The van der Waals surface area contributed by atoms with Gasteiger partial charge in [-0.2, -0.15) is 0 Å². The third-order valence-corrected chi connectivity index (χ3v) is 5.33. The van der Waals surface area contributed by atoms with E-state index < -0.39 is 5.97 Å². The molecule has 3 rings (SSSR count). The van der Waals surface area contributed by atoms with Crippen molar-refractivity contribution in [3.63, 3.8) is 0 Å². The van der Waals surface area contributed by atoms with Crippen molar-refractivity contribution >= 4 is 17.7 Å². The number of piperidine rings is 1. The lowest BCUT2D eigenvalue weighted by molar-refractivity contribution is -0.141. The molecular formula is C20H30N4O3. The van der Waals surface area contributed by atoms with Gasteiger partial charge in [0.2, 0.25) is 0 Å². The number of hydrogen-bond donors (Lipinski definition) is 1. The number of carbonyl (C=O) groups is 2. The summed E-state index contributed by atoms with van der Waals surface area (Å²) in [6.45, 7) is 7.53. The first-order chi connectivity index (χ1) is 13.2. The van der Waals surface area contributed by atoms with Crippen molar-refractivity contribution in [3.05, 3.63) is 30.3 Å². The third-order valence-electron chi connectivity index (χ3n) is 5.33. The highest BCUT2D eigenvalue weighted by atomic mass is 16.5. The van der Waals surface area contributed by atoms with Gasteiger partial charge >= 0.3 is 12.0 Å². The second-order valence-corrected chi connectivity index (χ2v) is 7.06. The van der Waals surface area contributed by atoms with Gasteiger partial charge in [0.15, 0.2) is 0 Å². The van der Waals surface area contributed by atoms with Crippen molar-refractivity contribution in [3.8, 4) is 0 Å². The SMILES string of the molecule is CCOC(=O)CNC(=O)N1CCC[C@@H](N2CCN(c3ccccc3)CC2)C1. The molecule has 27 heavy (non-hydrogen) atoms. The molecule has 0 spiro atoms. The number of amides is 2. The Morgan fingerprint density at radius 1 is 1.11 bits per heavy atom. The molecule has 1 N–H and O–H groups in total. The topological polar surface area (TPSA) is 65.1 Å². The molecule has 2 heterocycles. The highest BCUT2D eigenvalue weighted by molar-refractivity contribution is 5.80. The van der Waals surface area contributed by atoms with Crippen LogP contribution in [0.4, 0.5) is 10.5 Å². The van der Waals surface area contributed by atoms with Crippen LogP contribution in [-0.2, 0) is 9.53 Å². The zero-order chi connectivity index (χ0) is 19.1. The standard InChI is InChI=1S/C20H30N4O3/c1-2-27-19(25)15-21-20(26)24-10-6-9-18(16-24)23-13-11-22(12-14-23)17-7-4-3-5-8-17/h3-5,7-8,18H,2,6,9-16H2,1H3,(H,21,26)/t18-/m1/s1. The normalized spacial score (nSPS) is 21.0. The number of ether oxygens (including phenoxy) is 1. The number of hydrogen-bond acceptors (Lipinski definition) is 5. The van der Waals surface area contributed by atoms with Gasteiger partial charge in [0.25, 0.3) is 0 Å². The number of para-hydroxylation sites is 1. The number of benzene rings is 1. The van der Waals surface area contributed by atoms with Crippen LogP contribution in [-0.4, -0.2) is 80.3 Å². The number of carbonyl (C=O) groups excluding carboxylic acids is 2. The van der Waals surface area contributed by atoms with E-state index in [1.807, 2.05) is 11.0 Å². The molecule has 1 aromatic rings. The number of urea groups is 1. The summed E-state index contributed by atoms with van der Waals surface area (Å²) in [5.74, 6) is -0.392. The molecule has 7 nitrogen and oxygen atoms in total. The molecule has 2 aliphatic heterocycles. The first-order valence-corrected chi connectivity index (χ1v) is 9.90. The Hall–Kier alpha value is -2.28. The lowest BCUT2D eigenvalue weighted by Crippen LogP contribution is -2.57. The van der Waals surface area contributed by atoms with Gasteiger partial charge < -0.3 is 19.9 Å². The van der Waals surface area contributed by atoms with Crippen LogP contribution in [0, 0.1) is 0 Å². The van der Waals surface area contributed by atoms with Crippen LogP contribution < -0.4 is 10.2 Å². The summed E-state index contributed by atoms with van der Waals surface area (Å²) < 4.78 is 4.86. The first kappa shape index (κ1) is 19.5. The molecule has 2 saturated heterocycles. The van der Waals surface area contributed by atoms with E-state index in [9.17, 15) is 9.59 Å². The molecule has 0 aromatic heterocycles. The smallest absolute Gasteiger partial charge is 0.325 e. The summed E-state index contributed by atoms with van der Waals surface area (Å²) in [6.07, 6.45) is 2.11. The fourth-order valence-corrected chi connectivity index (χ4v) is 3.89. The molecule has 0 saturated carbocycles. The molecule has 1 aromatic carbocycles. The minimum absolute atomic E-state index is 0.0659. The number of nitrogens with zero attached hydrogens (tertiary/aromatic N) is 3. The molecule has 2 aliphatic rings. The van der Waals surface area contributed by atoms with Crippen LogP contribution in [0.5, 0.6) is 0 Å². The van der Waals surface area contributed by atoms with Crippen LogP contribution in [0.3, 0.4) is 0 Å². The Balaban J connectivity index is 1.46. The fourth-order valence-electron chi connectivity index (χ4n) is 3.89. The van der Waals surface area contributed by atoms with Crippen molar-refractivity contribution in [1.29, 1.82) is 0 Å². The fraction of sp³-hybridized carbons (Fsp3) is 0.600. The van der Waals surface area contributed by atoms with E-state index in [1.54, 1.807) is 6.92 Å². The number of likely N-dealkylation sites (tertiary alicyclic amines) is 1. The van der Waals surface area contributed by atoms with Gasteiger partial charge in [-0.05, 0) is 31.9 Å². The van der Waals surface area contributed by atoms with E-state index in [-0.39, 0.29) is 12.6 Å². The van der Waals surface area contributed by atoms with Crippen LogP contribution in [0.15, 0.2) is 30.3 Å². The lowest BCUT2D eigenvalue weighted by atomic mass is 10.0. The predicted octanol–water partition coefficient (Wildman–Crippen LogP) is 1.55. The monoisotopic (exact) mass is 374 g/mol. The molecule has 0 radical (unpaired) electrons. The van der Waals surface area contributed by atoms with Gasteiger partial charge in [0.05, 0.1) is 6.61 Å². The van der Waals surface area contributed by atoms with Gasteiger partial charge in [-0.1, -0.05) is 18.2 Å².